The van der Waals surface area contributed by atoms with Gasteiger partial charge in [-0.3, -0.25) is 9.59 Å². The summed E-state index contributed by atoms with van der Waals surface area (Å²) in [5.41, 5.74) is 1.15. The average molecular weight is 414 g/mol. The molecule has 0 radical (unpaired) electrons. The first kappa shape index (κ1) is 19.9. The van der Waals surface area contributed by atoms with Crippen molar-refractivity contribution in [2.24, 2.45) is 0 Å². The lowest BCUT2D eigenvalue weighted by Gasteiger charge is -2.32. The zero-order valence-electron chi connectivity index (χ0n) is 14.6. The van der Waals surface area contributed by atoms with E-state index in [-0.39, 0.29) is 18.1 Å². The number of rotatable bonds is 6. The number of nitrogens with zero attached hydrogens (tertiary/aromatic N) is 3. The molecular formula is C17H17F3N4O3S. The topological polar surface area (TPSA) is 74.8 Å². The number of aromatic nitrogens is 1. The summed E-state index contributed by atoms with van der Waals surface area (Å²) in [5.74, 6) is -0.366. The minimum Gasteiger partial charge on any atom is -0.406 e. The van der Waals surface area contributed by atoms with Crippen LogP contribution in [0, 0.1) is 0 Å². The molecule has 0 bridgehead atoms. The fourth-order valence-electron chi connectivity index (χ4n) is 2.65. The molecule has 0 atom stereocenters. The van der Waals surface area contributed by atoms with Gasteiger partial charge in [-0.05, 0) is 24.3 Å². The summed E-state index contributed by atoms with van der Waals surface area (Å²) >= 11 is 1.29. The Labute approximate surface area is 162 Å². The molecule has 2 aromatic rings. The Morgan fingerprint density at radius 1 is 1.21 bits per heavy atom. The number of ether oxygens (including phenoxy) is 1. The minimum absolute atomic E-state index is 0.0592. The Bertz CT molecular complexity index is 818. The molecule has 150 valence electrons. The van der Waals surface area contributed by atoms with Gasteiger partial charge in [-0.25, -0.2) is 4.98 Å². The monoisotopic (exact) mass is 414 g/mol. The summed E-state index contributed by atoms with van der Waals surface area (Å²) in [7, 11) is 0. The lowest BCUT2D eigenvalue weighted by molar-refractivity contribution is -0.274. The zero-order chi connectivity index (χ0) is 20.1. The van der Waals surface area contributed by atoms with Crippen molar-refractivity contribution >= 4 is 34.5 Å². The normalized spacial score (nSPS) is 14.7. The quantitative estimate of drug-likeness (QED) is 0.736. The van der Waals surface area contributed by atoms with Gasteiger partial charge >= 0.3 is 6.36 Å². The van der Waals surface area contributed by atoms with Gasteiger partial charge in [0.05, 0.1) is 12.1 Å². The first-order valence-corrected chi connectivity index (χ1v) is 9.25. The van der Waals surface area contributed by atoms with Crippen LogP contribution in [0.25, 0.3) is 0 Å². The van der Waals surface area contributed by atoms with Crippen LogP contribution in [0.3, 0.4) is 0 Å². The number of carbonyl (C=O) groups excluding carboxylic acids is 2. The van der Waals surface area contributed by atoms with Crippen molar-refractivity contribution in [1.82, 2.24) is 14.8 Å². The van der Waals surface area contributed by atoms with Crippen LogP contribution in [0.5, 0.6) is 5.75 Å². The third kappa shape index (κ3) is 5.59. The van der Waals surface area contributed by atoms with E-state index in [2.05, 4.69) is 15.0 Å². The van der Waals surface area contributed by atoms with E-state index in [1.807, 2.05) is 0 Å². The van der Waals surface area contributed by atoms with E-state index in [0.717, 1.165) is 6.41 Å². The number of nitrogens with one attached hydrogen (secondary N) is 1. The molecule has 0 spiro atoms. The Hall–Kier alpha value is -2.82. The Morgan fingerprint density at radius 3 is 2.50 bits per heavy atom. The second-order valence-corrected chi connectivity index (χ2v) is 6.90. The number of hydrogen-bond donors (Lipinski definition) is 1. The van der Waals surface area contributed by atoms with Gasteiger partial charge < -0.3 is 19.9 Å². The molecule has 11 heteroatoms. The molecule has 2 amide bonds. The summed E-state index contributed by atoms with van der Waals surface area (Å²) in [6.07, 6.45) is -3.80. The molecule has 1 fully saturated rings. The van der Waals surface area contributed by atoms with Crippen LogP contribution in [0.4, 0.5) is 24.0 Å². The lowest BCUT2D eigenvalue weighted by Crippen LogP contribution is -2.48. The van der Waals surface area contributed by atoms with Crippen LogP contribution in [-0.4, -0.2) is 59.6 Å². The number of hydrogen-bond acceptors (Lipinski definition) is 6. The summed E-state index contributed by atoms with van der Waals surface area (Å²) < 4.78 is 40.3. The van der Waals surface area contributed by atoms with Gasteiger partial charge in [0.2, 0.25) is 12.3 Å². The fourth-order valence-corrected chi connectivity index (χ4v) is 3.38. The van der Waals surface area contributed by atoms with Gasteiger partial charge in [0.15, 0.2) is 5.13 Å². The van der Waals surface area contributed by atoms with Crippen LogP contribution in [-0.2, 0) is 16.0 Å². The van der Waals surface area contributed by atoms with Gasteiger partial charge in [-0.1, -0.05) is 0 Å². The van der Waals surface area contributed by atoms with Crippen molar-refractivity contribution in [3.8, 4) is 5.75 Å². The first-order chi connectivity index (χ1) is 13.3. The number of thiazole rings is 1. The molecule has 1 aromatic carbocycles. The Balaban J connectivity index is 1.53. The van der Waals surface area contributed by atoms with E-state index in [0.29, 0.717) is 42.7 Å². The van der Waals surface area contributed by atoms with E-state index in [1.165, 1.54) is 35.6 Å². The summed E-state index contributed by atoms with van der Waals surface area (Å²) in [5, 5.41) is 5.26. The van der Waals surface area contributed by atoms with E-state index in [4.69, 9.17) is 0 Å². The predicted molar refractivity (Wildman–Crippen MR) is 96.4 cm³/mol. The summed E-state index contributed by atoms with van der Waals surface area (Å²) in [6, 6.07) is 5.29. The van der Waals surface area contributed by atoms with Crippen LogP contribution in [0.15, 0.2) is 29.6 Å². The number of amides is 2. The standard InChI is InChI=1S/C17H17F3N4O3S/c18-17(19,20)27-14-3-1-12(2-4-14)21-16-22-13(10-28-16)9-15(26)24-7-5-23(11-25)6-8-24/h1-4,10-11H,5-9H2,(H,21,22). The Kier molecular flexibility index (Phi) is 6.02. The van der Waals surface area contributed by atoms with Crippen molar-refractivity contribution in [2.45, 2.75) is 12.8 Å². The highest BCUT2D eigenvalue weighted by Crippen LogP contribution is 2.26. The molecule has 3 rings (SSSR count). The predicted octanol–water partition coefficient (Wildman–Crippen LogP) is 2.63. The third-order valence-electron chi connectivity index (χ3n) is 4.04. The second-order valence-electron chi connectivity index (χ2n) is 6.04. The smallest absolute Gasteiger partial charge is 0.406 e. The number of carbonyl (C=O) groups is 2. The molecule has 2 heterocycles. The van der Waals surface area contributed by atoms with Crippen molar-refractivity contribution < 1.29 is 27.5 Å². The number of halogens is 3. The van der Waals surface area contributed by atoms with E-state index in [9.17, 15) is 22.8 Å². The average Bonchev–Trinajstić information content (AvgIpc) is 3.09. The first-order valence-electron chi connectivity index (χ1n) is 8.37. The van der Waals surface area contributed by atoms with Gasteiger partial charge in [-0.15, -0.1) is 24.5 Å². The molecule has 1 aromatic heterocycles. The maximum absolute atomic E-state index is 12.3. The second kappa shape index (κ2) is 8.46. The van der Waals surface area contributed by atoms with Crippen molar-refractivity contribution in [3.63, 3.8) is 0 Å². The van der Waals surface area contributed by atoms with Crippen molar-refractivity contribution in [1.29, 1.82) is 0 Å². The van der Waals surface area contributed by atoms with Crippen LogP contribution < -0.4 is 10.1 Å². The van der Waals surface area contributed by atoms with Gasteiger partial charge in [0, 0.05) is 37.2 Å². The SMILES string of the molecule is O=CN1CCN(C(=O)Cc2csc(Nc3ccc(OC(F)(F)F)cc3)n2)CC1. The van der Waals surface area contributed by atoms with Gasteiger partial charge in [-0.2, -0.15) is 0 Å². The highest BCUT2D eigenvalue weighted by atomic mass is 32.1. The van der Waals surface area contributed by atoms with E-state index >= 15 is 0 Å². The minimum atomic E-state index is -4.73. The molecule has 0 saturated carbocycles. The maximum Gasteiger partial charge on any atom is 0.573 e. The molecule has 0 unspecified atom stereocenters. The number of alkyl halides is 3. The fraction of sp³-hybridized carbons (Fsp3) is 0.353. The number of anilines is 2. The highest BCUT2D eigenvalue weighted by molar-refractivity contribution is 7.13. The maximum atomic E-state index is 12.3. The van der Waals surface area contributed by atoms with Crippen LogP contribution >= 0.6 is 11.3 Å². The molecule has 1 N–H and O–H groups in total. The summed E-state index contributed by atoms with van der Waals surface area (Å²) in [4.78, 5) is 30.7. The van der Waals surface area contributed by atoms with Crippen molar-refractivity contribution in [2.75, 3.05) is 31.5 Å². The number of benzene rings is 1. The van der Waals surface area contributed by atoms with Crippen molar-refractivity contribution in [3.05, 3.63) is 35.3 Å². The highest BCUT2D eigenvalue weighted by Gasteiger charge is 2.31. The third-order valence-corrected chi connectivity index (χ3v) is 4.85. The molecular weight excluding hydrogens is 397 g/mol. The van der Waals surface area contributed by atoms with E-state index < -0.39 is 6.36 Å². The largest absolute Gasteiger partial charge is 0.573 e. The summed E-state index contributed by atoms with van der Waals surface area (Å²) in [6.45, 7) is 2.04. The van der Waals surface area contributed by atoms with Crippen LogP contribution in [0.2, 0.25) is 0 Å². The molecule has 7 nitrogen and oxygen atoms in total. The zero-order valence-corrected chi connectivity index (χ0v) is 15.4. The van der Waals surface area contributed by atoms with Gasteiger partial charge in [0.1, 0.15) is 5.75 Å². The van der Waals surface area contributed by atoms with Crippen LogP contribution in [0.1, 0.15) is 5.69 Å². The molecule has 1 aliphatic rings. The molecule has 28 heavy (non-hydrogen) atoms. The van der Waals surface area contributed by atoms with Gasteiger partial charge in [0.25, 0.3) is 0 Å². The van der Waals surface area contributed by atoms with E-state index in [1.54, 1.807) is 15.2 Å². The number of piperazine rings is 1. The molecule has 1 saturated heterocycles. The Morgan fingerprint density at radius 2 is 1.89 bits per heavy atom. The lowest BCUT2D eigenvalue weighted by atomic mass is 10.2. The molecule has 0 aliphatic carbocycles. The molecule has 1 aliphatic heterocycles.